The summed E-state index contributed by atoms with van der Waals surface area (Å²) in [4.78, 5) is 17.2. The van der Waals surface area contributed by atoms with E-state index in [0.717, 1.165) is 17.7 Å². The highest BCUT2D eigenvalue weighted by Gasteiger charge is 2.33. The third-order valence-corrected chi connectivity index (χ3v) is 3.05. The highest BCUT2D eigenvalue weighted by molar-refractivity contribution is 6.03. The van der Waals surface area contributed by atoms with E-state index in [2.05, 4.69) is 11.9 Å². The number of carbonyl (C=O) groups is 1. The van der Waals surface area contributed by atoms with Crippen LogP contribution in [0.1, 0.15) is 31.9 Å². The summed E-state index contributed by atoms with van der Waals surface area (Å²) in [5.74, 6) is 1.14. The van der Waals surface area contributed by atoms with Crippen molar-refractivity contribution in [3.63, 3.8) is 0 Å². The van der Waals surface area contributed by atoms with Crippen LogP contribution in [-0.4, -0.2) is 29.9 Å². The van der Waals surface area contributed by atoms with E-state index in [0.29, 0.717) is 19.0 Å². The molecule has 0 fully saturated rings. The predicted molar refractivity (Wildman–Crippen MR) is 74.4 cm³/mol. The number of likely N-dealkylation sites (N-methyl/N-ethyl adjacent to an activating group) is 1. The Morgan fingerprint density at radius 3 is 2.89 bits per heavy atom. The van der Waals surface area contributed by atoms with Gasteiger partial charge in [-0.15, -0.1) is 0 Å². The topological polar surface area (TPSA) is 67.9 Å². The number of amides is 2. The summed E-state index contributed by atoms with van der Waals surface area (Å²) >= 11 is 0. The molecule has 1 aromatic rings. The third kappa shape index (κ3) is 2.70. The molecule has 5 nitrogen and oxygen atoms in total. The van der Waals surface area contributed by atoms with E-state index in [-0.39, 0.29) is 12.1 Å². The molecule has 2 amide bonds. The normalized spacial score (nSPS) is 18.6. The van der Waals surface area contributed by atoms with Gasteiger partial charge in [-0.05, 0) is 31.0 Å². The lowest BCUT2D eigenvalue weighted by Crippen LogP contribution is -2.33. The first-order chi connectivity index (χ1) is 9.17. The van der Waals surface area contributed by atoms with E-state index in [1.165, 1.54) is 0 Å². The lowest BCUT2D eigenvalue weighted by atomic mass is 10.1. The fraction of sp³-hybridized carbons (Fsp3) is 0.429. The number of benzene rings is 1. The molecule has 1 unspecified atom stereocenters. The van der Waals surface area contributed by atoms with Crippen LogP contribution in [0.2, 0.25) is 0 Å². The summed E-state index contributed by atoms with van der Waals surface area (Å²) in [6, 6.07) is 7.12. The first-order valence-corrected chi connectivity index (χ1v) is 6.54. The molecule has 1 aliphatic heterocycles. The van der Waals surface area contributed by atoms with Gasteiger partial charge < -0.3 is 15.4 Å². The second-order valence-corrected chi connectivity index (χ2v) is 4.43. The van der Waals surface area contributed by atoms with Gasteiger partial charge in [0.15, 0.2) is 0 Å². The molecule has 0 aliphatic carbocycles. The zero-order valence-corrected chi connectivity index (χ0v) is 11.3. The second kappa shape index (κ2) is 5.73. The third-order valence-electron chi connectivity index (χ3n) is 3.05. The molecular weight excluding hydrogens is 242 g/mol. The molecular formula is C14H19N3O2. The van der Waals surface area contributed by atoms with Crippen molar-refractivity contribution in [3.05, 3.63) is 29.8 Å². The fourth-order valence-electron chi connectivity index (χ4n) is 2.17. The van der Waals surface area contributed by atoms with Crippen molar-refractivity contribution >= 4 is 11.9 Å². The molecule has 0 aromatic heterocycles. The maximum atomic E-state index is 11.7. The molecule has 1 atom stereocenters. The molecule has 0 bridgehead atoms. The SMILES string of the molecule is CCCOc1cccc(C2C(N)=NC(=O)N2CC)c1. The summed E-state index contributed by atoms with van der Waals surface area (Å²) in [6.07, 6.45) is 0.955. The Morgan fingerprint density at radius 1 is 1.42 bits per heavy atom. The number of hydrogen-bond donors (Lipinski definition) is 1. The Balaban J connectivity index is 2.25. The minimum Gasteiger partial charge on any atom is -0.494 e. The first kappa shape index (κ1) is 13.4. The molecule has 1 heterocycles. The van der Waals surface area contributed by atoms with Crippen LogP contribution in [-0.2, 0) is 0 Å². The van der Waals surface area contributed by atoms with Crippen LogP contribution in [0.5, 0.6) is 5.75 Å². The molecule has 5 heteroatoms. The van der Waals surface area contributed by atoms with E-state index in [1.807, 2.05) is 31.2 Å². The Bertz CT molecular complexity index is 499. The van der Waals surface area contributed by atoms with Crippen molar-refractivity contribution in [1.82, 2.24) is 4.90 Å². The molecule has 0 radical (unpaired) electrons. The van der Waals surface area contributed by atoms with Crippen LogP contribution >= 0.6 is 0 Å². The van der Waals surface area contributed by atoms with Gasteiger partial charge in [0.05, 0.1) is 6.61 Å². The van der Waals surface area contributed by atoms with Gasteiger partial charge in [-0.25, -0.2) is 4.79 Å². The molecule has 2 rings (SSSR count). The minimum atomic E-state index is -0.275. The van der Waals surface area contributed by atoms with E-state index in [9.17, 15) is 4.79 Å². The van der Waals surface area contributed by atoms with Gasteiger partial charge in [0, 0.05) is 6.54 Å². The number of nitrogens with zero attached hydrogens (tertiary/aromatic N) is 2. The average Bonchev–Trinajstić information content (AvgIpc) is 2.70. The van der Waals surface area contributed by atoms with Gasteiger partial charge in [-0.1, -0.05) is 19.1 Å². The highest BCUT2D eigenvalue weighted by Crippen LogP contribution is 2.28. The van der Waals surface area contributed by atoms with Crippen LogP contribution in [0.4, 0.5) is 4.79 Å². The largest absolute Gasteiger partial charge is 0.494 e. The molecule has 0 saturated heterocycles. The minimum absolute atomic E-state index is 0.273. The molecule has 102 valence electrons. The molecule has 0 saturated carbocycles. The van der Waals surface area contributed by atoms with Gasteiger partial charge in [0.1, 0.15) is 17.6 Å². The number of urea groups is 1. The van der Waals surface area contributed by atoms with E-state index >= 15 is 0 Å². The van der Waals surface area contributed by atoms with E-state index in [4.69, 9.17) is 10.5 Å². The summed E-state index contributed by atoms with van der Waals surface area (Å²) in [5.41, 5.74) is 6.80. The van der Waals surface area contributed by atoms with Crippen LogP contribution in [0.25, 0.3) is 0 Å². The Labute approximate surface area is 113 Å². The first-order valence-electron chi connectivity index (χ1n) is 6.54. The van der Waals surface area contributed by atoms with Crippen molar-refractivity contribution in [1.29, 1.82) is 0 Å². The maximum absolute atomic E-state index is 11.7. The van der Waals surface area contributed by atoms with Crippen LogP contribution in [0.3, 0.4) is 0 Å². The van der Waals surface area contributed by atoms with Crippen molar-refractivity contribution in [2.45, 2.75) is 26.3 Å². The fourth-order valence-corrected chi connectivity index (χ4v) is 2.17. The summed E-state index contributed by atoms with van der Waals surface area (Å²) in [7, 11) is 0. The number of rotatable bonds is 5. The molecule has 2 N–H and O–H groups in total. The molecule has 1 aromatic carbocycles. The van der Waals surface area contributed by atoms with Crippen LogP contribution in [0.15, 0.2) is 29.3 Å². The Hall–Kier alpha value is -2.04. The van der Waals surface area contributed by atoms with Crippen LogP contribution in [0, 0.1) is 0 Å². The smallest absolute Gasteiger partial charge is 0.346 e. The Morgan fingerprint density at radius 2 is 2.21 bits per heavy atom. The number of hydrogen-bond acceptors (Lipinski definition) is 3. The van der Waals surface area contributed by atoms with E-state index < -0.39 is 0 Å². The molecule has 19 heavy (non-hydrogen) atoms. The lowest BCUT2D eigenvalue weighted by Gasteiger charge is -2.23. The summed E-state index contributed by atoms with van der Waals surface area (Å²) in [5, 5.41) is 0. The number of amidine groups is 1. The highest BCUT2D eigenvalue weighted by atomic mass is 16.5. The van der Waals surface area contributed by atoms with Gasteiger partial charge >= 0.3 is 6.03 Å². The Kier molecular flexibility index (Phi) is 4.04. The van der Waals surface area contributed by atoms with Crippen LogP contribution < -0.4 is 10.5 Å². The van der Waals surface area contributed by atoms with E-state index in [1.54, 1.807) is 4.90 Å². The second-order valence-electron chi connectivity index (χ2n) is 4.43. The van der Waals surface area contributed by atoms with Gasteiger partial charge in [-0.2, -0.15) is 4.99 Å². The number of ether oxygens (including phenoxy) is 1. The number of nitrogens with two attached hydrogens (primary N) is 1. The van der Waals surface area contributed by atoms with Gasteiger partial charge in [-0.3, -0.25) is 0 Å². The maximum Gasteiger partial charge on any atom is 0.346 e. The quantitative estimate of drug-likeness (QED) is 0.884. The number of carbonyl (C=O) groups excluding carboxylic acids is 1. The average molecular weight is 261 g/mol. The zero-order chi connectivity index (χ0) is 13.8. The van der Waals surface area contributed by atoms with Gasteiger partial charge in [0.2, 0.25) is 0 Å². The summed E-state index contributed by atoms with van der Waals surface area (Å²) in [6.45, 7) is 5.22. The molecule has 1 aliphatic rings. The predicted octanol–water partition coefficient (Wildman–Crippen LogP) is 2.33. The van der Waals surface area contributed by atoms with Crippen molar-refractivity contribution in [2.75, 3.05) is 13.2 Å². The zero-order valence-electron chi connectivity index (χ0n) is 11.3. The van der Waals surface area contributed by atoms with Gasteiger partial charge in [0.25, 0.3) is 0 Å². The van der Waals surface area contributed by atoms with Crippen molar-refractivity contribution < 1.29 is 9.53 Å². The van der Waals surface area contributed by atoms with Crippen molar-refractivity contribution in [2.24, 2.45) is 10.7 Å². The monoisotopic (exact) mass is 261 g/mol. The lowest BCUT2D eigenvalue weighted by molar-refractivity contribution is 0.209. The summed E-state index contributed by atoms with van der Waals surface area (Å²) < 4.78 is 5.60. The van der Waals surface area contributed by atoms with Crippen molar-refractivity contribution in [3.8, 4) is 5.75 Å². The molecule has 0 spiro atoms. The standard InChI is InChI=1S/C14H19N3O2/c1-3-8-19-11-7-5-6-10(9-11)12-13(15)16-14(18)17(12)4-2/h5-7,9,12H,3-4,8H2,1-2H3,(H2,15,16,18). The number of aliphatic imine (C=N–C) groups is 1.